The average Bonchev–Trinajstić information content (AvgIpc) is 3.14. The fourth-order valence-electron chi connectivity index (χ4n) is 3.51. The molecule has 1 unspecified atom stereocenters. The molecule has 2 aromatic rings. The Balaban J connectivity index is 1.78. The first-order chi connectivity index (χ1) is 12.9. The Morgan fingerprint density at radius 3 is 2.67 bits per heavy atom. The van der Waals surface area contributed by atoms with Crippen molar-refractivity contribution in [3.8, 4) is 0 Å². The lowest BCUT2D eigenvalue weighted by Crippen LogP contribution is -2.40. The molecule has 0 bridgehead atoms. The van der Waals surface area contributed by atoms with Gasteiger partial charge >= 0.3 is 0 Å². The molecule has 144 valence electrons. The molecule has 1 saturated heterocycles. The van der Waals surface area contributed by atoms with Crippen LogP contribution < -0.4 is 5.56 Å². The minimum Gasteiger partial charge on any atom is -0.337 e. The van der Waals surface area contributed by atoms with Crippen LogP contribution in [0.4, 0.5) is 0 Å². The van der Waals surface area contributed by atoms with Gasteiger partial charge in [-0.15, -0.1) is 0 Å². The van der Waals surface area contributed by atoms with Gasteiger partial charge in [-0.25, -0.2) is 0 Å². The fourth-order valence-corrected chi connectivity index (χ4v) is 3.71. The summed E-state index contributed by atoms with van der Waals surface area (Å²) in [5.41, 5.74) is 1.22. The van der Waals surface area contributed by atoms with Crippen molar-refractivity contribution in [2.45, 2.75) is 38.9 Å². The van der Waals surface area contributed by atoms with E-state index in [4.69, 9.17) is 11.6 Å². The van der Waals surface area contributed by atoms with Crippen molar-refractivity contribution < 1.29 is 4.79 Å². The number of likely N-dealkylation sites (tertiary alicyclic amines) is 1. The van der Waals surface area contributed by atoms with Gasteiger partial charge in [-0.3, -0.25) is 14.5 Å². The summed E-state index contributed by atoms with van der Waals surface area (Å²) in [6, 6.07) is 11.2. The Kier molecular flexibility index (Phi) is 6.02. The third-order valence-electron chi connectivity index (χ3n) is 5.32. The molecule has 0 N–H and O–H groups in total. The smallest absolute Gasteiger partial charge is 0.255 e. The maximum Gasteiger partial charge on any atom is 0.255 e. The van der Waals surface area contributed by atoms with Crippen LogP contribution in [0.2, 0.25) is 5.02 Å². The van der Waals surface area contributed by atoms with Gasteiger partial charge in [0.25, 0.3) is 11.5 Å². The zero-order chi connectivity index (χ0) is 19.6. The van der Waals surface area contributed by atoms with Crippen molar-refractivity contribution in [1.29, 1.82) is 0 Å². The van der Waals surface area contributed by atoms with Gasteiger partial charge < -0.3 is 9.47 Å². The third-order valence-corrected chi connectivity index (χ3v) is 5.69. The molecule has 1 atom stereocenters. The van der Waals surface area contributed by atoms with Gasteiger partial charge in [-0.2, -0.15) is 0 Å². The highest BCUT2D eigenvalue weighted by atomic mass is 35.5. The van der Waals surface area contributed by atoms with Gasteiger partial charge in [-0.05, 0) is 38.0 Å². The van der Waals surface area contributed by atoms with E-state index < -0.39 is 0 Å². The Morgan fingerprint density at radius 1 is 1.26 bits per heavy atom. The Labute approximate surface area is 165 Å². The van der Waals surface area contributed by atoms with Crippen LogP contribution in [0.25, 0.3) is 0 Å². The van der Waals surface area contributed by atoms with E-state index in [-0.39, 0.29) is 17.5 Å². The number of hydrogen-bond donors (Lipinski definition) is 0. The number of nitrogens with zero attached hydrogens (tertiary/aromatic N) is 3. The highest BCUT2D eigenvalue weighted by molar-refractivity contribution is 6.31. The Morgan fingerprint density at radius 2 is 2.00 bits per heavy atom. The third kappa shape index (κ3) is 4.42. The van der Waals surface area contributed by atoms with Crippen LogP contribution in [0.15, 0.2) is 47.4 Å². The summed E-state index contributed by atoms with van der Waals surface area (Å²) in [6.07, 6.45) is 2.61. The minimum absolute atomic E-state index is 0.0569. The molecule has 6 heteroatoms. The molecule has 0 aliphatic carbocycles. The maximum atomic E-state index is 13.0. The number of amides is 1. The SMILES string of the molecule is CC(C)N1CCC(N(C)C(=O)c2ccc(=O)n(Cc3ccccc3Cl)c2)C1. The summed E-state index contributed by atoms with van der Waals surface area (Å²) < 4.78 is 1.54. The zero-order valence-electron chi connectivity index (χ0n) is 16.1. The first-order valence-electron chi connectivity index (χ1n) is 9.32. The molecule has 1 aromatic carbocycles. The van der Waals surface area contributed by atoms with Crippen LogP contribution >= 0.6 is 11.6 Å². The molecule has 1 amide bonds. The molecule has 27 heavy (non-hydrogen) atoms. The number of aromatic nitrogens is 1. The van der Waals surface area contributed by atoms with Gasteiger partial charge in [-0.1, -0.05) is 29.8 Å². The number of halogens is 1. The summed E-state index contributed by atoms with van der Waals surface area (Å²) in [7, 11) is 1.85. The molecule has 0 radical (unpaired) electrons. The van der Waals surface area contributed by atoms with Gasteiger partial charge in [0.15, 0.2) is 0 Å². The molecular weight excluding hydrogens is 362 g/mol. The van der Waals surface area contributed by atoms with E-state index in [2.05, 4.69) is 18.7 Å². The number of pyridine rings is 1. The normalized spacial score (nSPS) is 17.4. The molecule has 5 nitrogen and oxygen atoms in total. The zero-order valence-corrected chi connectivity index (χ0v) is 16.8. The molecule has 0 saturated carbocycles. The summed E-state index contributed by atoms with van der Waals surface area (Å²) >= 11 is 6.21. The van der Waals surface area contributed by atoms with Crippen molar-refractivity contribution in [2.75, 3.05) is 20.1 Å². The summed E-state index contributed by atoms with van der Waals surface area (Å²) in [6.45, 7) is 6.59. The second-order valence-electron chi connectivity index (χ2n) is 7.42. The van der Waals surface area contributed by atoms with Gasteiger partial charge in [0, 0.05) is 49.5 Å². The summed E-state index contributed by atoms with van der Waals surface area (Å²) in [4.78, 5) is 29.4. The van der Waals surface area contributed by atoms with E-state index in [0.717, 1.165) is 25.1 Å². The average molecular weight is 388 g/mol. The first kappa shape index (κ1) is 19.6. The lowest BCUT2D eigenvalue weighted by atomic mass is 10.1. The Hall–Kier alpha value is -2.11. The van der Waals surface area contributed by atoms with Gasteiger partial charge in [0.05, 0.1) is 12.1 Å². The quantitative estimate of drug-likeness (QED) is 0.791. The van der Waals surface area contributed by atoms with Gasteiger partial charge in [0.1, 0.15) is 0 Å². The number of likely N-dealkylation sites (N-methyl/N-ethyl adjacent to an activating group) is 1. The van der Waals surface area contributed by atoms with E-state index >= 15 is 0 Å². The highest BCUT2D eigenvalue weighted by Gasteiger charge is 2.30. The molecule has 1 aliphatic heterocycles. The lowest BCUT2D eigenvalue weighted by Gasteiger charge is -2.26. The second kappa shape index (κ2) is 8.28. The largest absolute Gasteiger partial charge is 0.337 e. The highest BCUT2D eigenvalue weighted by Crippen LogP contribution is 2.19. The van der Waals surface area contributed by atoms with Crippen molar-refractivity contribution in [1.82, 2.24) is 14.4 Å². The van der Waals surface area contributed by atoms with E-state index in [1.54, 1.807) is 18.3 Å². The molecule has 0 spiro atoms. The number of carbonyl (C=O) groups is 1. The minimum atomic E-state index is -0.152. The van der Waals surface area contributed by atoms with E-state index in [9.17, 15) is 9.59 Å². The standard InChI is InChI=1S/C21H26ClN3O2/c1-15(2)24-11-10-18(14-24)23(3)21(27)17-8-9-20(26)25(13-17)12-16-6-4-5-7-19(16)22/h4-9,13,15,18H,10-12,14H2,1-3H3. The van der Waals surface area contributed by atoms with Crippen LogP contribution in [0.5, 0.6) is 0 Å². The van der Waals surface area contributed by atoms with E-state index in [0.29, 0.717) is 23.2 Å². The van der Waals surface area contributed by atoms with Crippen LogP contribution in [-0.2, 0) is 6.54 Å². The number of hydrogen-bond acceptors (Lipinski definition) is 3. The summed E-state index contributed by atoms with van der Waals surface area (Å²) in [5.74, 6) is -0.0569. The molecular formula is C21H26ClN3O2. The van der Waals surface area contributed by atoms with Gasteiger partial charge in [0.2, 0.25) is 0 Å². The van der Waals surface area contributed by atoms with Crippen LogP contribution in [-0.4, -0.2) is 52.5 Å². The number of rotatable bonds is 5. The van der Waals surface area contributed by atoms with Crippen molar-refractivity contribution in [3.63, 3.8) is 0 Å². The summed E-state index contributed by atoms with van der Waals surface area (Å²) in [5, 5.41) is 0.609. The fraction of sp³-hybridized carbons (Fsp3) is 0.429. The van der Waals surface area contributed by atoms with Crippen molar-refractivity contribution in [2.24, 2.45) is 0 Å². The topological polar surface area (TPSA) is 45.6 Å². The second-order valence-corrected chi connectivity index (χ2v) is 7.83. The first-order valence-corrected chi connectivity index (χ1v) is 9.69. The number of carbonyl (C=O) groups excluding carboxylic acids is 1. The van der Waals surface area contributed by atoms with Crippen LogP contribution in [0.1, 0.15) is 36.2 Å². The van der Waals surface area contributed by atoms with E-state index in [1.807, 2.05) is 30.1 Å². The van der Waals surface area contributed by atoms with Crippen LogP contribution in [0, 0.1) is 0 Å². The van der Waals surface area contributed by atoms with Crippen molar-refractivity contribution in [3.05, 3.63) is 69.1 Å². The molecule has 1 fully saturated rings. The Bertz CT molecular complexity index is 878. The molecule has 2 heterocycles. The van der Waals surface area contributed by atoms with Crippen LogP contribution in [0.3, 0.4) is 0 Å². The maximum absolute atomic E-state index is 13.0. The molecule has 1 aliphatic rings. The monoisotopic (exact) mass is 387 g/mol. The predicted molar refractivity (Wildman–Crippen MR) is 108 cm³/mol. The lowest BCUT2D eigenvalue weighted by molar-refractivity contribution is 0.0731. The molecule has 1 aromatic heterocycles. The van der Waals surface area contributed by atoms with Crippen molar-refractivity contribution >= 4 is 17.5 Å². The molecule has 3 rings (SSSR count). The predicted octanol–water partition coefficient (Wildman–Crippen LogP) is 3.10. The van der Waals surface area contributed by atoms with E-state index in [1.165, 1.54) is 10.6 Å². The number of benzene rings is 1.